The molecule has 3 aromatic heterocycles. The number of furan rings is 1. The minimum absolute atomic E-state index is 0.707. The Hall–Kier alpha value is -8.08. The van der Waals surface area contributed by atoms with Crippen LogP contribution in [0.15, 0.2) is 217 Å². The van der Waals surface area contributed by atoms with Crippen LogP contribution in [0.2, 0.25) is 0 Å². The predicted octanol–water partition coefficient (Wildman–Crippen LogP) is 15.0. The molecule has 0 N–H and O–H groups in total. The number of benzene rings is 9. The summed E-state index contributed by atoms with van der Waals surface area (Å²) >= 11 is 0. The number of aromatic nitrogens is 3. The van der Waals surface area contributed by atoms with Gasteiger partial charge in [-0.2, -0.15) is 0 Å². The maximum atomic E-state index is 6.44. The Bertz CT molecular complexity index is 3590. The highest BCUT2D eigenvalue weighted by molar-refractivity contribution is 6.11. The monoisotopic (exact) mass is 765 g/mol. The lowest BCUT2D eigenvalue weighted by atomic mass is 9.98. The second-order valence-electron chi connectivity index (χ2n) is 15.3. The smallest absolute Gasteiger partial charge is 0.160 e. The van der Waals surface area contributed by atoms with E-state index in [2.05, 4.69) is 187 Å². The summed E-state index contributed by atoms with van der Waals surface area (Å²) in [5.74, 6) is 0.707. The van der Waals surface area contributed by atoms with Gasteiger partial charge in [0.2, 0.25) is 0 Å². The van der Waals surface area contributed by atoms with E-state index in [-0.39, 0.29) is 0 Å². The molecule has 12 aromatic rings. The van der Waals surface area contributed by atoms with E-state index in [9.17, 15) is 0 Å². The molecule has 0 spiro atoms. The molecule has 0 aliphatic carbocycles. The topological polar surface area (TPSA) is 43.9 Å². The normalized spacial score (nSPS) is 11.7. The van der Waals surface area contributed by atoms with Crippen molar-refractivity contribution in [1.29, 1.82) is 0 Å². The molecule has 0 bridgehead atoms. The van der Waals surface area contributed by atoms with Gasteiger partial charge in [-0.25, -0.2) is 9.97 Å². The van der Waals surface area contributed by atoms with E-state index in [0.717, 1.165) is 83.5 Å². The van der Waals surface area contributed by atoms with Gasteiger partial charge in [-0.3, -0.25) is 0 Å². The molecule has 0 amide bonds. The van der Waals surface area contributed by atoms with E-state index in [1.807, 2.05) is 30.3 Å². The molecule has 9 aromatic carbocycles. The van der Waals surface area contributed by atoms with Crippen molar-refractivity contribution in [2.75, 3.05) is 0 Å². The van der Waals surface area contributed by atoms with Gasteiger partial charge in [0.05, 0.1) is 22.4 Å². The molecule has 4 nitrogen and oxygen atoms in total. The molecule has 0 saturated carbocycles. The Balaban J connectivity index is 0.936. The first-order valence-electron chi connectivity index (χ1n) is 20.3. The SMILES string of the molecule is c1ccc(-c2nc(-c3ccc(-c4ccc5c(c4)c4ccccc4n5-c4cccc(-c5cccc6c5oc5ccccc56)c4)cc3)cc(-c3cccc4ccccc34)n2)cc1. The summed E-state index contributed by atoms with van der Waals surface area (Å²) in [6.07, 6.45) is 0. The molecular weight excluding hydrogens is 731 g/mol. The van der Waals surface area contributed by atoms with Crippen LogP contribution in [0.25, 0.3) is 116 Å². The molecule has 280 valence electrons. The molecular formula is C56H35N3O. The Kier molecular flexibility index (Phi) is 7.82. The van der Waals surface area contributed by atoms with Crippen LogP contribution in [0.5, 0.6) is 0 Å². The summed E-state index contributed by atoms with van der Waals surface area (Å²) in [5.41, 5.74) is 14.6. The maximum Gasteiger partial charge on any atom is 0.160 e. The fraction of sp³-hybridized carbons (Fsp3) is 0. The lowest BCUT2D eigenvalue weighted by Crippen LogP contribution is -1.96. The summed E-state index contributed by atoms with van der Waals surface area (Å²) < 4.78 is 8.83. The standard InChI is InChI=1S/C56H35N3O/c1-2-14-39(15-3-1)56-57-50(35-51(58-56)45-23-11-16-37-13-4-5-19-43(37)45)38-29-27-36(28-30-38)40-31-32-53-49(34-40)46-20-6-8-25-52(46)59(53)42-18-10-17-41(33-42)44-22-12-24-48-47-21-7-9-26-54(47)60-55(44)48/h1-35H. The van der Waals surface area contributed by atoms with Crippen LogP contribution in [0.1, 0.15) is 0 Å². The molecule has 0 aliphatic heterocycles. The van der Waals surface area contributed by atoms with Crippen LogP contribution in [0.4, 0.5) is 0 Å². The van der Waals surface area contributed by atoms with E-state index in [0.29, 0.717) is 5.82 Å². The largest absolute Gasteiger partial charge is 0.455 e. The van der Waals surface area contributed by atoms with E-state index >= 15 is 0 Å². The van der Waals surface area contributed by atoms with E-state index in [1.54, 1.807) is 0 Å². The molecule has 0 radical (unpaired) electrons. The van der Waals surface area contributed by atoms with Gasteiger partial charge in [0.25, 0.3) is 0 Å². The van der Waals surface area contributed by atoms with Crippen LogP contribution in [0.3, 0.4) is 0 Å². The molecule has 0 atom stereocenters. The van der Waals surface area contributed by atoms with Crippen molar-refractivity contribution in [2.24, 2.45) is 0 Å². The first kappa shape index (κ1) is 34.0. The third kappa shape index (κ3) is 5.61. The van der Waals surface area contributed by atoms with E-state index < -0.39 is 0 Å². The number of para-hydroxylation sites is 3. The highest BCUT2D eigenvalue weighted by Gasteiger charge is 2.17. The summed E-state index contributed by atoms with van der Waals surface area (Å²) in [5, 5.41) is 7.04. The summed E-state index contributed by atoms with van der Waals surface area (Å²) in [6.45, 7) is 0. The fourth-order valence-electron chi connectivity index (χ4n) is 8.95. The second-order valence-corrected chi connectivity index (χ2v) is 15.3. The number of hydrogen-bond donors (Lipinski definition) is 0. The maximum absolute atomic E-state index is 6.44. The molecule has 12 rings (SSSR count). The van der Waals surface area contributed by atoms with E-state index in [1.165, 1.54) is 27.1 Å². The number of fused-ring (bicyclic) bond motifs is 7. The minimum atomic E-state index is 0.707. The third-order valence-electron chi connectivity index (χ3n) is 11.8. The Morgan fingerprint density at radius 3 is 1.88 bits per heavy atom. The Morgan fingerprint density at radius 1 is 0.350 bits per heavy atom. The zero-order valence-corrected chi connectivity index (χ0v) is 32.5. The van der Waals surface area contributed by atoms with Crippen molar-refractivity contribution in [1.82, 2.24) is 14.5 Å². The molecule has 3 heterocycles. The molecule has 0 saturated heterocycles. The zero-order valence-electron chi connectivity index (χ0n) is 32.5. The van der Waals surface area contributed by atoms with Crippen LogP contribution in [-0.4, -0.2) is 14.5 Å². The van der Waals surface area contributed by atoms with Crippen LogP contribution >= 0.6 is 0 Å². The van der Waals surface area contributed by atoms with Gasteiger partial charge in [0.1, 0.15) is 11.2 Å². The van der Waals surface area contributed by atoms with Crippen molar-refractivity contribution in [2.45, 2.75) is 0 Å². The lowest BCUT2D eigenvalue weighted by Gasteiger charge is -2.12. The third-order valence-corrected chi connectivity index (χ3v) is 11.8. The second kappa shape index (κ2) is 13.8. The van der Waals surface area contributed by atoms with Crippen LogP contribution < -0.4 is 0 Å². The van der Waals surface area contributed by atoms with Gasteiger partial charge in [0, 0.05) is 49.5 Å². The zero-order chi connectivity index (χ0) is 39.6. The van der Waals surface area contributed by atoms with Gasteiger partial charge in [-0.05, 0) is 69.9 Å². The highest BCUT2D eigenvalue weighted by atomic mass is 16.3. The van der Waals surface area contributed by atoms with Crippen molar-refractivity contribution in [3.8, 4) is 61.8 Å². The average molecular weight is 766 g/mol. The summed E-state index contributed by atoms with van der Waals surface area (Å²) in [7, 11) is 0. The predicted molar refractivity (Wildman–Crippen MR) is 248 cm³/mol. The lowest BCUT2D eigenvalue weighted by molar-refractivity contribution is 0.670. The molecule has 4 heteroatoms. The average Bonchev–Trinajstić information content (AvgIpc) is 3.87. The molecule has 0 fully saturated rings. The van der Waals surface area contributed by atoms with Crippen molar-refractivity contribution in [3.63, 3.8) is 0 Å². The molecule has 0 aliphatic rings. The minimum Gasteiger partial charge on any atom is -0.455 e. The van der Waals surface area contributed by atoms with E-state index in [4.69, 9.17) is 14.4 Å². The number of hydrogen-bond acceptors (Lipinski definition) is 3. The summed E-state index contributed by atoms with van der Waals surface area (Å²) in [6, 6.07) is 75.0. The number of rotatable bonds is 6. The summed E-state index contributed by atoms with van der Waals surface area (Å²) in [4.78, 5) is 10.2. The highest BCUT2D eigenvalue weighted by Crippen LogP contribution is 2.39. The van der Waals surface area contributed by atoms with Gasteiger partial charge in [0.15, 0.2) is 5.82 Å². The van der Waals surface area contributed by atoms with Gasteiger partial charge < -0.3 is 8.98 Å². The molecule has 60 heavy (non-hydrogen) atoms. The first-order valence-corrected chi connectivity index (χ1v) is 20.3. The van der Waals surface area contributed by atoms with Gasteiger partial charge in [-0.15, -0.1) is 0 Å². The Morgan fingerprint density at radius 2 is 0.983 bits per heavy atom. The van der Waals surface area contributed by atoms with Crippen molar-refractivity contribution < 1.29 is 4.42 Å². The van der Waals surface area contributed by atoms with Crippen molar-refractivity contribution in [3.05, 3.63) is 212 Å². The fourth-order valence-corrected chi connectivity index (χ4v) is 8.95. The van der Waals surface area contributed by atoms with Crippen LogP contribution in [-0.2, 0) is 0 Å². The number of nitrogens with zero attached hydrogens (tertiary/aromatic N) is 3. The van der Waals surface area contributed by atoms with Crippen molar-refractivity contribution >= 4 is 54.5 Å². The first-order chi connectivity index (χ1) is 29.7. The Labute approximate surface area is 346 Å². The molecule has 0 unspecified atom stereocenters. The quantitative estimate of drug-likeness (QED) is 0.169. The van der Waals surface area contributed by atoms with Crippen LogP contribution in [0, 0.1) is 0 Å². The van der Waals surface area contributed by atoms with Gasteiger partial charge in [-0.1, -0.05) is 170 Å². The van der Waals surface area contributed by atoms with Gasteiger partial charge >= 0.3 is 0 Å².